The van der Waals surface area contributed by atoms with Crippen molar-refractivity contribution in [3.8, 4) is 17.2 Å². The lowest BCUT2D eigenvalue weighted by Crippen LogP contribution is -2.27. The van der Waals surface area contributed by atoms with Gasteiger partial charge in [-0.05, 0) is 24.3 Å². The summed E-state index contributed by atoms with van der Waals surface area (Å²) in [6, 6.07) is 8.22. The highest BCUT2D eigenvalue weighted by Crippen LogP contribution is 2.36. The van der Waals surface area contributed by atoms with Gasteiger partial charge in [0.2, 0.25) is 15.8 Å². The zero-order valence-corrected chi connectivity index (χ0v) is 14.9. The molecule has 1 heterocycles. The van der Waals surface area contributed by atoms with Crippen LogP contribution < -0.4 is 18.9 Å². The van der Waals surface area contributed by atoms with Gasteiger partial charge in [-0.2, -0.15) is 0 Å². The Morgan fingerprint density at radius 1 is 1.13 bits per heavy atom. The summed E-state index contributed by atoms with van der Waals surface area (Å²) in [7, 11) is -0.537. The van der Waals surface area contributed by atoms with E-state index >= 15 is 0 Å². The maximum Gasteiger partial charge on any atom is 0.250 e. The standard InChI is InChI=1S/C14H16ClNO5S2/c1-19-10-4-3-5-11(14(10)20-2)21-9-8-16-23(17,18)13-7-6-12(15)22-13/h3-7,16H,8-9H2,1-2H3. The molecule has 0 fully saturated rings. The number of hydrogen-bond acceptors (Lipinski definition) is 6. The molecular formula is C14H16ClNO5S2. The molecular weight excluding hydrogens is 362 g/mol. The molecule has 1 aromatic heterocycles. The minimum absolute atomic E-state index is 0.109. The number of ether oxygens (including phenoxy) is 3. The quantitative estimate of drug-likeness (QED) is 0.716. The van der Waals surface area contributed by atoms with Gasteiger partial charge in [-0.1, -0.05) is 17.7 Å². The van der Waals surface area contributed by atoms with Crippen molar-refractivity contribution in [3.63, 3.8) is 0 Å². The summed E-state index contributed by atoms with van der Waals surface area (Å²) in [5.41, 5.74) is 0. The number of benzene rings is 1. The summed E-state index contributed by atoms with van der Waals surface area (Å²) in [6.45, 7) is 0.250. The molecule has 9 heteroatoms. The summed E-state index contributed by atoms with van der Waals surface area (Å²) in [5.74, 6) is 1.48. The van der Waals surface area contributed by atoms with Crippen molar-refractivity contribution in [2.75, 3.05) is 27.4 Å². The largest absolute Gasteiger partial charge is 0.493 e. The van der Waals surface area contributed by atoms with Gasteiger partial charge in [0.25, 0.3) is 0 Å². The Kier molecular flexibility index (Phi) is 6.11. The van der Waals surface area contributed by atoms with Gasteiger partial charge in [-0.15, -0.1) is 11.3 Å². The van der Waals surface area contributed by atoms with Crippen molar-refractivity contribution in [2.24, 2.45) is 0 Å². The fourth-order valence-corrected chi connectivity index (χ4v) is 4.36. The third-order valence-electron chi connectivity index (χ3n) is 2.83. The molecule has 23 heavy (non-hydrogen) atoms. The summed E-state index contributed by atoms with van der Waals surface area (Å²) in [5, 5.41) is 0. The number of thiophene rings is 1. The Morgan fingerprint density at radius 2 is 1.87 bits per heavy atom. The van der Waals surface area contributed by atoms with E-state index in [4.69, 9.17) is 25.8 Å². The lowest BCUT2D eigenvalue weighted by Gasteiger charge is -2.13. The molecule has 2 rings (SSSR count). The highest BCUT2D eigenvalue weighted by Gasteiger charge is 2.16. The van der Waals surface area contributed by atoms with Crippen LogP contribution in [0.25, 0.3) is 0 Å². The van der Waals surface area contributed by atoms with Crippen molar-refractivity contribution < 1.29 is 22.6 Å². The summed E-state index contributed by atoms with van der Waals surface area (Å²) in [4.78, 5) is 0. The van der Waals surface area contributed by atoms with E-state index in [2.05, 4.69) is 4.72 Å². The number of nitrogens with one attached hydrogen (secondary N) is 1. The molecule has 0 radical (unpaired) electrons. The molecule has 2 aromatic rings. The minimum Gasteiger partial charge on any atom is -0.493 e. The number of halogens is 1. The summed E-state index contributed by atoms with van der Waals surface area (Å²) >= 11 is 6.74. The Bertz CT molecular complexity index is 760. The zero-order valence-electron chi connectivity index (χ0n) is 12.5. The van der Waals surface area contributed by atoms with Crippen LogP contribution in [0, 0.1) is 0 Å². The number of para-hydroxylation sites is 1. The first kappa shape index (κ1) is 17.9. The predicted molar refractivity (Wildman–Crippen MR) is 89.6 cm³/mol. The zero-order chi connectivity index (χ0) is 16.9. The van der Waals surface area contributed by atoms with E-state index in [1.54, 1.807) is 24.3 Å². The van der Waals surface area contributed by atoms with Crippen molar-refractivity contribution >= 4 is 33.0 Å². The van der Waals surface area contributed by atoms with E-state index in [0.29, 0.717) is 21.6 Å². The van der Waals surface area contributed by atoms with Crippen LogP contribution in [0.5, 0.6) is 17.2 Å². The van der Waals surface area contributed by atoms with E-state index < -0.39 is 10.0 Å². The molecule has 126 valence electrons. The number of hydrogen-bond donors (Lipinski definition) is 1. The molecule has 0 amide bonds. The Morgan fingerprint density at radius 3 is 2.48 bits per heavy atom. The van der Waals surface area contributed by atoms with Crippen LogP contribution in [0.15, 0.2) is 34.5 Å². The number of sulfonamides is 1. The van der Waals surface area contributed by atoms with Gasteiger partial charge in [0.1, 0.15) is 10.8 Å². The van der Waals surface area contributed by atoms with E-state index in [0.717, 1.165) is 11.3 Å². The second-order valence-electron chi connectivity index (χ2n) is 4.30. The highest BCUT2D eigenvalue weighted by atomic mass is 35.5. The van der Waals surface area contributed by atoms with Crippen molar-refractivity contribution in [1.29, 1.82) is 0 Å². The molecule has 0 unspecified atom stereocenters. The van der Waals surface area contributed by atoms with E-state index in [1.165, 1.54) is 20.3 Å². The molecule has 0 saturated carbocycles. The van der Waals surface area contributed by atoms with E-state index in [1.807, 2.05) is 0 Å². The van der Waals surface area contributed by atoms with Crippen LogP contribution in [0.2, 0.25) is 4.34 Å². The maximum atomic E-state index is 12.0. The van der Waals surface area contributed by atoms with Gasteiger partial charge in [0, 0.05) is 6.54 Å². The molecule has 0 bridgehead atoms. The van der Waals surface area contributed by atoms with Crippen LogP contribution in [-0.4, -0.2) is 35.8 Å². The van der Waals surface area contributed by atoms with Gasteiger partial charge < -0.3 is 14.2 Å². The lowest BCUT2D eigenvalue weighted by atomic mass is 10.3. The highest BCUT2D eigenvalue weighted by molar-refractivity contribution is 7.91. The molecule has 0 aliphatic rings. The van der Waals surface area contributed by atoms with Gasteiger partial charge >= 0.3 is 0 Å². The smallest absolute Gasteiger partial charge is 0.250 e. The molecule has 1 aromatic carbocycles. The minimum atomic E-state index is -3.57. The summed E-state index contributed by atoms with van der Waals surface area (Å²) in [6.07, 6.45) is 0. The first-order valence-corrected chi connectivity index (χ1v) is 9.24. The van der Waals surface area contributed by atoms with Crippen molar-refractivity contribution in [1.82, 2.24) is 4.72 Å². The third kappa shape index (κ3) is 4.51. The van der Waals surface area contributed by atoms with Crippen molar-refractivity contribution in [3.05, 3.63) is 34.7 Å². The van der Waals surface area contributed by atoms with Crippen LogP contribution in [-0.2, 0) is 10.0 Å². The van der Waals surface area contributed by atoms with Crippen LogP contribution in [0.4, 0.5) is 0 Å². The van der Waals surface area contributed by atoms with Crippen LogP contribution in [0.3, 0.4) is 0 Å². The Hall–Kier alpha value is -1.48. The number of methoxy groups -OCH3 is 2. The topological polar surface area (TPSA) is 73.9 Å². The monoisotopic (exact) mass is 377 g/mol. The first-order chi connectivity index (χ1) is 11.0. The second-order valence-corrected chi connectivity index (χ2v) is 8.01. The molecule has 6 nitrogen and oxygen atoms in total. The average Bonchev–Trinajstić information content (AvgIpc) is 2.98. The molecule has 0 atom stereocenters. The molecule has 1 N–H and O–H groups in total. The first-order valence-electron chi connectivity index (χ1n) is 6.56. The fourth-order valence-electron chi connectivity index (χ4n) is 1.82. The van der Waals surface area contributed by atoms with Crippen LogP contribution >= 0.6 is 22.9 Å². The van der Waals surface area contributed by atoms with Gasteiger partial charge in [-0.3, -0.25) is 0 Å². The predicted octanol–water partition coefficient (Wildman–Crippen LogP) is 2.78. The number of rotatable bonds is 8. The summed E-state index contributed by atoms with van der Waals surface area (Å²) < 4.78 is 43.0. The Labute approximate surface area is 144 Å². The molecule has 0 aliphatic carbocycles. The fraction of sp³-hybridized carbons (Fsp3) is 0.286. The van der Waals surface area contributed by atoms with Gasteiger partial charge in [0.05, 0.1) is 18.6 Å². The SMILES string of the molecule is COc1cccc(OCCNS(=O)(=O)c2ccc(Cl)s2)c1OC. The average molecular weight is 378 g/mol. The Balaban J connectivity index is 1.93. The lowest BCUT2D eigenvalue weighted by molar-refractivity contribution is 0.287. The third-order valence-corrected chi connectivity index (χ3v) is 6.02. The maximum absolute atomic E-state index is 12.0. The molecule has 0 spiro atoms. The van der Waals surface area contributed by atoms with Gasteiger partial charge in [0.15, 0.2) is 11.5 Å². The molecule has 0 aliphatic heterocycles. The molecule has 0 saturated heterocycles. The van der Waals surface area contributed by atoms with E-state index in [9.17, 15) is 8.42 Å². The van der Waals surface area contributed by atoms with Crippen molar-refractivity contribution in [2.45, 2.75) is 4.21 Å². The normalized spacial score (nSPS) is 11.3. The second kappa shape index (κ2) is 7.87. The van der Waals surface area contributed by atoms with E-state index in [-0.39, 0.29) is 17.4 Å². The van der Waals surface area contributed by atoms with Crippen LogP contribution in [0.1, 0.15) is 0 Å². The van der Waals surface area contributed by atoms with Gasteiger partial charge in [-0.25, -0.2) is 13.1 Å².